The Morgan fingerprint density at radius 3 is 2.30 bits per heavy atom. The van der Waals surface area contributed by atoms with Gasteiger partial charge in [0, 0.05) is 31.0 Å². The van der Waals surface area contributed by atoms with Crippen molar-refractivity contribution in [2.75, 3.05) is 45.6 Å². The number of amides is 1. The molecule has 5 N–H and O–H groups in total. The number of Topliss-reactive ketones (excluding diaryl/α,β-unsaturated/α-hetero) is 1. The van der Waals surface area contributed by atoms with E-state index < -0.39 is 12.5 Å². The van der Waals surface area contributed by atoms with E-state index in [4.69, 9.17) is 20.9 Å². The number of thioether (sulfide) groups is 1. The lowest BCUT2D eigenvalue weighted by atomic mass is 10.1. The number of benzene rings is 1. The van der Waals surface area contributed by atoms with Crippen molar-refractivity contribution in [2.45, 2.75) is 51.8 Å². The van der Waals surface area contributed by atoms with E-state index in [1.807, 2.05) is 49.6 Å². The summed E-state index contributed by atoms with van der Waals surface area (Å²) >= 11 is 1.86. The number of allylic oxidation sites excluding steroid dienone is 1. The van der Waals surface area contributed by atoms with Gasteiger partial charge >= 0.3 is 0 Å². The summed E-state index contributed by atoms with van der Waals surface area (Å²) in [4.78, 5) is 25.1. The highest BCUT2D eigenvalue weighted by Gasteiger charge is 2.19. The van der Waals surface area contributed by atoms with Gasteiger partial charge < -0.3 is 25.4 Å². The van der Waals surface area contributed by atoms with E-state index >= 15 is 0 Å². The minimum Gasteiger partial charge on any atom is -0.378 e. The molecule has 1 amide bonds. The second-order valence-electron chi connectivity index (χ2n) is 7.69. The molecule has 8 nitrogen and oxygen atoms in total. The summed E-state index contributed by atoms with van der Waals surface area (Å²) in [5.41, 5.74) is 12.1. The summed E-state index contributed by atoms with van der Waals surface area (Å²) in [7, 11) is 1.67. The summed E-state index contributed by atoms with van der Waals surface area (Å²) in [5.74, 6) is 2.20. The van der Waals surface area contributed by atoms with Crippen molar-refractivity contribution in [3.63, 3.8) is 0 Å². The lowest BCUT2D eigenvalue weighted by molar-refractivity contribution is -0.135. The number of rotatable bonds is 13. The molecule has 0 radical (unpaired) electrons. The highest BCUT2D eigenvalue weighted by molar-refractivity contribution is 7.98. The van der Waals surface area contributed by atoms with Gasteiger partial charge in [0.1, 0.15) is 6.23 Å². The second kappa shape index (κ2) is 25.6. The highest BCUT2D eigenvalue weighted by atomic mass is 32.2. The summed E-state index contributed by atoms with van der Waals surface area (Å²) < 4.78 is 10.3. The lowest BCUT2D eigenvalue weighted by Crippen LogP contribution is -2.43. The predicted molar refractivity (Wildman–Crippen MR) is 157 cm³/mol. The van der Waals surface area contributed by atoms with Gasteiger partial charge in [-0.1, -0.05) is 57.2 Å². The highest BCUT2D eigenvalue weighted by Crippen LogP contribution is 2.19. The molecule has 1 aliphatic rings. The molecule has 3 atom stereocenters. The largest absolute Gasteiger partial charge is 0.378 e. The number of likely N-dealkylation sites (N-methyl/N-ethyl adjacent to an activating group) is 1. The second-order valence-corrected chi connectivity index (χ2v) is 8.72. The molecule has 1 heterocycles. The topological polar surface area (TPSA) is 120 Å². The van der Waals surface area contributed by atoms with Crippen molar-refractivity contribution in [3.05, 3.63) is 61.7 Å². The lowest BCUT2D eigenvalue weighted by Gasteiger charge is -2.28. The summed E-state index contributed by atoms with van der Waals surface area (Å²) in [5, 5.41) is 2.69. The van der Waals surface area contributed by atoms with Gasteiger partial charge in [-0.2, -0.15) is 11.8 Å². The first kappa shape index (κ1) is 37.1. The first-order valence-electron chi connectivity index (χ1n) is 12.8. The molecule has 0 spiro atoms. The first-order valence-corrected chi connectivity index (χ1v) is 14.0. The Labute approximate surface area is 229 Å². The molecule has 0 saturated carbocycles. The normalized spacial score (nSPS) is 14.7. The summed E-state index contributed by atoms with van der Waals surface area (Å²) in [6, 6.07) is 10.4. The number of morpholine rings is 1. The molecule has 0 aromatic heterocycles. The van der Waals surface area contributed by atoms with E-state index in [2.05, 4.69) is 49.3 Å². The Hall–Kier alpha value is -2.01. The molecule has 0 bridgehead atoms. The van der Waals surface area contributed by atoms with Crippen molar-refractivity contribution in [3.8, 4) is 0 Å². The number of nitrogens with one attached hydrogen (secondary N) is 1. The van der Waals surface area contributed by atoms with Gasteiger partial charge in [0.15, 0.2) is 12.0 Å². The number of nitrogens with two attached hydrogens (primary N) is 2. The molecule has 1 fully saturated rings. The van der Waals surface area contributed by atoms with Crippen molar-refractivity contribution in [1.82, 2.24) is 10.2 Å². The molecule has 1 aromatic carbocycles. The summed E-state index contributed by atoms with van der Waals surface area (Å²) in [6.45, 7) is 18.7. The maximum absolute atomic E-state index is 12.2. The molecular weight excluding hydrogens is 488 g/mol. The van der Waals surface area contributed by atoms with Crippen LogP contribution in [0.25, 0.3) is 0 Å². The average Bonchev–Trinajstić information content (AvgIpc) is 2.96. The Kier molecular flexibility index (Phi) is 25.7. The number of hydrogen-bond donors (Lipinski definition) is 3. The quantitative estimate of drug-likeness (QED) is 0.258. The number of ketones is 1. The Morgan fingerprint density at radius 2 is 1.78 bits per heavy atom. The van der Waals surface area contributed by atoms with Crippen LogP contribution in [-0.2, 0) is 24.8 Å². The van der Waals surface area contributed by atoms with Gasteiger partial charge in [-0.05, 0) is 24.9 Å². The molecule has 1 aromatic rings. The van der Waals surface area contributed by atoms with Gasteiger partial charge in [0.05, 0.1) is 19.8 Å². The Bertz CT molecular complexity index is 703. The number of carbonyl (C=O) groups excluding carboxylic acids is 2. The van der Waals surface area contributed by atoms with Crippen molar-refractivity contribution in [1.29, 1.82) is 0 Å². The van der Waals surface area contributed by atoms with Crippen LogP contribution in [0.15, 0.2) is 56.1 Å². The van der Waals surface area contributed by atoms with Crippen LogP contribution in [0.4, 0.5) is 0 Å². The van der Waals surface area contributed by atoms with E-state index in [9.17, 15) is 9.59 Å². The van der Waals surface area contributed by atoms with Crippen LogP contribution in [0.1, 0.15) is 39.2 Å². The Balaban J connectivity index is 0. The van der Waals surface area contributed by atoms with Crippen molar-refractivity contribution >= 4 is 23.5 Å². The average molecular weight is 539 g/mol. The maximum Gasteiger partial charge on any atom is 0.223 e. The van der Waals surface area contributed by atoms with Crippen LogP contribution in [0, 0.1) is 5.92 Å². The minimum atomic E-state index is -0.910. The fraction of sp³-hybridized carbons (Fsp3) is 0.571. The SMILES string of the molecule is C=C.C=CC(CSCc1ccccc1)CC(=O)N1CCOCC1.CC.CCC(N)OC(N)C(=O)CNC. The zero-order valence-electron chi connectivity index (χ0n) is 23.3. The van der Waals surface area contributed by atoms with Gasteiger partial charge in [0.25, 0.3) is 0 Å². The molecule has 1 aliphatic heterocycles. The van der Waals surface area contributed by atoms with Crippen LogP contribution in [0.2, 0.25) is 0 Å². The van der Waals surface area contributed by atoms with Gasteiger partial charge in [0.2, 0.25) is 5.91 Å². The van der Waals surface area contributed by atoms with Crippen LogP contribution >= 0.6 is 11.8 Å². The molecule has 2 rings (SSSR count). The molecule has 37 heavy (non-hydrogen) atoms. The van der Waals surface area contributed by atoms with E-state index in [1.165, 1.54) is 5.56 Å². The van der Waals surface area contributed by atoms with Crippen molar-refractivity contribution < 1.29 is 19.1 Å². The summed E-state index contributed by atoms with van der Waals surface area (Å²) in [6.07, 6.45) is 1.75. The zero-order chi connectivity index (χ0) is 28.5. The third-order valence-corrected chi connectivity index (χ3v) is 6.17. The van der Waals surface area contributed by atoms with Crippen LogP contribution in [0.3, 0.4) is 0 Å². The molecule has 212 valence electrons. The minimum absolute atomic E-state index is 0.193. The first-order chi connectivity index (χ1) is 17.9. The third-order valence-electron chi connectivity index (χ3n) is 4.97. The zero-order valence-corrected chi connectivity index (χ0v) is 24.1. The van der Waals surface area contributed by atoms with Gasteiger partial charge in [-0.3, -0.25) is 15.3 Å². The smallest absolute Gasteiger partial charge is 0.223 e. The fourth-order valence-electron chi connectivity index (χ4n) is 2.91. The van der Waals surface area contributed by atoms with Crippen LogP contribution < -0.4 is 16.8 Å². The number of ether oxygens (including phenoxy) is 2. The van der Waals surface area contributed by atoms with E-state index in [1.54, 1.807) is 7.05 Å². The van der Waals surface area contributed by atoms with Crippen LogP contribution in [-0.4, -0.2) is 74.7 Å². The molecule has 9 heteroatoms. The molecule has 0 aliphatic carbocycles. The maximum atomic E-state index is 12.2. The molecule has 3 unspecified atom stereocenters. The van der Waals surface area contributed by atoms with E-state index in [0.29, 0.717) is 26.1 Å². The number of nitrogens with zero attached hydrogens (tertiary/aromatic N) is 1. The Morgan fingerprint density at radius 1 is 1.19 bits per heavy atom. The van der Waals surface area contributed by atoms with E-state index in [0.717, 1.165) is 24.6 Å². The number of carbonyl (C=O) groups is 2. The van der Waals surface area contributed by atoms with Crippen LogP contribution in [0.5, 0.6) is 0 Å². The van der Waals surface area contributed by atoms with Crippen molar-refractivity contribution in [2.24, 2.45) is 17.4 Å². The van der Waals surface area contributed by atoms with E-state index in [-0.39, 0.29) is 24.2 Å². The monoisotopic (exact) mass is 538 g/mol. The third kappa shape index (κ3) is 18.8. The van der Waals surface area contributed by atoms with Gasteiger partial charge in [-0.25, -0.2) is 0 Å². The predicted octanol–water partition coefficient (Wildman–Crippen LogP) is 3.57. The molecule has 1 saturated heterocycles. The molecular formula is C28H50N4O4S. The standard InChI is InChI=1S/C17H23NO2S.C7H17N3O2.C2H6.C2H4/c1-2-15(12-17(19)18-8-10-20-11-9-18)13-21-14-16-6-4-3-5-7-16;1-3-6(8)12-7(9)5(11)4-10-2;2*1-2/h2-7,15H,1,8-14H2;6-7,10H,3-4,8-9H2,1-2H3;1-2H3;1-2H2. The number of hydrogen-bond acceptors (Lipinski definition) is 8. The fourth-order valence-corrected chi connectivity index (χ4v) is 4.02. The van der Waals surface area contributed by atoms with Gasteiger partial charge in [-0.15, -0.1) is 19.7 Å².